The normalized spacial score (nSPS) is 26.5. The van der Waals surface area contributed by atoms with E-state index in [9.17, 15) is 4.39 Å². The van der Waals surface area contributed by atoms with Crippen LogP contribution in [0.25, 0.3) is 0 Å². The summed E-state index contributed by atoms with van der Waals surface area (Å²) in [4.78, 5) is 0. The van der Waals surface area contributed by atoms with E-state index in [-0.39, 0.29) is 17.5 Å². The maximum Gasteiger partial charge on any atom is 0.125 e. The minimum Gasteiger partial charge on any atom is -0.378 e. The van der Waals surface area contributed by atoms with Gasteiger partial charge in [-0.1, -0.05) is 24.9 Å². The molecule has 0 radical (unpaired) electrons. The molecule has 0 aliphatic carbocycles. The number of anilines is 1. The summed E-state index contributed by atoms with van der Waals surface area (Å²) in [6.45, 7) is 3.28. The quantitative estimate of drug-likeness (QED) is 0.874. The van der Waals surface area contributed by atoms with Crippen molar-refractivity contribution in [3.63, 3.8) is 0 Å². The number of hydrogen-bond donors (Lipinski definition) is 2. The molecule has 1 aliphatic heterocycles. The van der Waals surface area contributed by atoms with Crippen LogP contribution in [-0.2, 0) is 4.74 Å². The van der Waals surface area contributed by atoms with Gasteiger partial charge in [-0.2, -0.15) is 0 Å². The lowest BCUT2D eigenvalue weighted by Crippen LogP contribution is -2.52. The molecule has 0 amide bonds. The average Bonchev–Trinajstić information content (AvgIpc) is 2.44. The van der Waals surface area contributed by atoms with E-state index in [1.54, 1.807) is 6.07 Å². The second-order valence-electron chi connectivity index (χ2n) is 5.47. The Balaban J connectivity index is 2.16. The fourth-order valence-electron chi connectivity index (χ4n) is 2.75. The zero-order chi connectivity index (χ0) is 14.6. The fourth-order valence-corrected chi connectivity index (χ4v) is 2.92. The SMILES string of the molecule is CCCC1CC(CN)(Nc2cc(F)ccc2Cl)CCO1. The molecule has 0 aromatic heterocycles. The van der Waals surface area contributed by atoms with Crippen molar-refractivity contribution in [2.75, 3.05) is 18.5 Å². The summed E-state index contributed by atoms with van der Waals surface area (Å²) in [5.41, 5.74) is 6.32. The molecule has 0 saturated carbocycles. The van der Waals surface area contributed by atoms with Crippen molar-refractivity contribution < 1.29 is 9.13 Å². The highest BCUT2D eigenvalue weighted by molar-refractivity contribution is 6.33. The maximum absolute atomic E-state index is 13.4. The van der Waals surface area contributed by atoms with Crippen molar-refractivity contribution in [3.05, 3.63) is 29.0 Å². The molecule has 1 heterocycles. The molecule has 5 heteroatoms. The van der Waals surface area contributed by atoms with Crippen LogP contribution in [0.1, 0.15) is 32.6 Å². The number of nitrogens with two attached hydrogens (primary N) is 1. The molecule has 2 rings (SSSR count). The zero-order valence-corrected chi connectivity index (χ0v) is 12.5. The van der Waals surface area contributed by atoms with Gasteiger partial charge in [-0.25, -0.2) is 4.39 Å². The third kappa shape index (κ3) is 3.62. The minimum absolute atomic E-state index is 0.206. The number of benzene rings is 1. The van der Waals surface area contributed by atoms with E-state index < -0.39 is 0 Å². The molecule has 112 valence electrons. The summed E-state index contributed by atoms with van der Waals surface area (Å²) in [5, 5.41) is 3.88. The topological polar surface area (TPSA) is 47.3 Å². The Labute approximate surface area is 124 Å². The van der Waals surface area contributed by atoms with Crippen LogP contribution >= 0.6 is 11.6 Å². The molecule has 0 spiro atoms. The second kappa shape index (κ2) is 6.74. The summed E-state index contributed by atoms with van der Waals surface area (Å²) in [5.74, 6) is -0.304. The highest BCUT2D eigenvalue weighted by Gasteiger charge is 2.36. The summed E-state index contributed by atoms with van der Waals surface area (Å²) in [6, 6.07) is 4.34. The van der Waals surface area contributed by atoms with Gasteiger partial charge in [0.25, 0.3) is 0 Å². The molecule has 2 unspecified atom stereocenters. The average molecular weight is 301 g/mol. The highest BCUT2D eigenvalue weighted by Crippen LogP contribution is 2.33. The standard InChI is InChI=1S/C15H22ClFN2O/c1-2-3-12-9-15(10-18,6-7-20-12)19-14-8-11(17)4-5-13(14)16/h4-5,8,12,19H,2-3,6-7,9-10,18H2,1H3. The van der Waals surface area contributed by atoms with E-state index in [1.165, 1.54) is 12.1 Å². The van der Waals surface area contributed by atoms with E-state index in [0.717, 1.165) is 25.7 Å². The minimum atomic E-state index is -0.304. The molecule has 1 aliphatic rings. The van der Waals surface area contributed by atoms with E-state index in [1.807, 2.05) is 0 Å². The Morgan fingerprint density at radius 1 is 1.55 bits per heavy atom. The van der Waals surface area contributed by atoms with Crippen LogP contribution in [0.3, 0.4) is 0 Å². The molecule has 3 nitrogen and oxygen atoms in total. The third-order valence-electron chi connectivity index (χ3n) is 3.88. The van der Waals surface area contributed by atoms with Gasteiger partial charge in [-0.3, -0.25) is 0 Å². The van der Waals surface area contributed by atoms with Crippen molar-refractivity contribution in [2.45, 2.75) is 44.2 Å². The highest BCUT2D eigenvalue weighted by atomic mass is 35.5. The lowest BCUT2D eigenvalue weighted by Gasteiger charge is -2.41. The van der Waals surface area contributed by atoms with Crippen molar-refractivity contribution in [2.24, 2.45) is 5.73 Å². The third-order valence-corrected chi connectivity index (χ3v) is 4.21. The molecular weight excluding hydrogens is 279 g/mol. The van der Waals surface area contributed by atoms with Gasteiger partial charge in [0.05, 0.1) is 22.4 Å². The van der Waals surface area contributed by atoms with Crippen LogP contribution in [0.5, 0.6) is 0 Å². The Morgan fingerprint density at radius 2 is 2.35 bits per heavy atom. The van der Waals surface area contributed by atoms with Gasteiger partial charge in [-0.05, 0) is 37.5 Å². The first kappa shape index (κ1) is 15.5. The van der Waals surface area contributed by atoms with Crippen LogP contribution in [0, 0.1) is 5.82 Å². The Bertz CT molecular complexity index is 455. The van der Waals surface area contributed by atoms with Gasteiger partial charge in [0, 0.05) is 13.2 Å². The van der Waals surface area contributed by atoms with Crippen LogP contribution in [0.15, 0.2) is 18.2 Å². The Kier molecular flexibility index (Phi) is 5.24. The van der Waals surface area contributed by atoms with Crippen LogP contribution in [0.4, 0.5) is 10.1 Å². The number of nitrogens with one attached hydrogen (secondary N) is 1. The lowest BCUT2D eigenvalue weighted by molar-refractivity contribution is -0.0155. The molecule has 2 atom stereocenters. The van der Waals surface area contributed by atoms with Gasteiger partial charge < -0.3 is 15.8 Å². The molecule has 1 saturated heterocycles. The van der Waals surface area contributed by atoms with Gasteiger partial charge in [-0.15, -0.1) is 0 Å². The molecule has 3 N–H and O–H groups in total. The summed E-state index contributed by atoms with van der Waals surface area (Å²) in [7, 11) is 0. The first-order valence-corrected chi connectivity index (χ1v) is 7.51. The predicted molar refractivity (Wildman–Crippen MR) is 80.7 cm³/mol. The fraction of sp³-hybridized carbons (Fsp3) is 0.600. The summed E-state index contributed by atoms with van der Waals surface area (Å²) >= 11 is 6.13. The van der Waals surface area contributed by atoms with Crippen molar-refractivity contribution >= 4 is 17.3 Å². The first-order valence-electron chi connectivity index (χ1n) is 7.13. The summed E-state index contributed by atoms with van der Waals surface area (Å²) < 4.78 is 19.1. The lowest BCUT2D eigenvalue weighted by atomic mass is 9.85. The Hall–Kier alpha value is -0.840. The van der Waals surface area contributed by atoms with Gasteiger partial charge >= 0.3 is 0 Å². The number of rotatable bonds is 5. The monoisotopic (exact) mass is 300 g/mol. The van der Waals surface area contributed by atoms with E-state index in [2.05, 4.69) is 12.2 Å². The van der Waals surface area contributed by atoms with Crippen LogP contribution in [0.2, 0.25) is 5.02 Å². The molecule has 1 fully saturated rings. The van der Waals surface area contributed by atoms with E-state index in [4.69, 9.17) is 22.1 Å². The maximum atomic E-state index is 13.4. The second-order valence-corrected chi connectivity index (χ2v) is 5.88. The van der Waals surface area contributed by atoms with E-state index in [0.29, 0.717) is 23.9 Å². The predicted octanol–water partition coefficient (Wildman–Crippen LogP) is 3.57. The molecular formula is C15H22ClFN2O. The van der Waals surface area contributed by atoms with Crippen molar-refractivity contribution in [3.8, 4) is 0 Å². The first-order chi connectivity index (χ1) is 9.58. The van der Waals surface area contributed by atoms with Gasteiger partial charge in [0.2, 0.25) is 0 Å². The molecule has 20 heavy (non-hydrogen) atoms. The smallest absolute Gasteiger partial charge is 0.125 e. The van der Waals surface area contributed by atoms with Crippen LogP contribution in [-0.4, -0.2) is 24.8 Å². The number of hydrogen-bond acceptors (Lipinski definition) is 3. The summed E-state index contributed by atoms with van der Waals surface area (Å²) in [6.07, 6.45) is 3.92. The Morgan fingerprint density at radius 3 is 3.05 bits per heavy atom. The molecule has 1 aromatic carbocycles. The van der Waals surface area contributed by atoms with Gasteiger partial charge in [0.1, 0.15) is 5.82 Å². The van der Waals surface area contributed by atoms with Crippen molar-refractivity contribution in [1.29, 1.82) is 0 Å². The largest absolute Gasteiger partial charge is 0.378 e. The molecule has 1 aromatic rings. The van der Waals surface area contributed by atoms with E-state index >= 15 is 0 Å². The zero-order valence-electron chi connectivity index (χ0n) is 11.8. The van der Waals surface area contributed by atoms with Crippen molar-refractivity contribution in [1.82, 2.24) is 0 Å². The van der Waals surface area contributed by atoms with Crippen LogP contribution < -0.4 is 11.1 Å². The molecule has 0 bridgehead atoms. The number of halogens is 2. The van der Waals surface area contributed by atoms with Gasteiger partial charge in [0.15, 0.2) is 0 Å². The number of ether oxygens (including phenoxy) is 1.